The minimum Gasteiger partial charge on any atom is -0.497 e. The highest BCUT2D eigenvalue weighted by Crippen LogP contribution is 2.30. The predicted octanol–water partition coefficient (Wildman–Crippen LogP) is 6.68. The monoisotopic (exact) mass is 698 g/mol. The van der Waals surface area contributed by atoms with Gasteiger partial charge in [-0.15, -0.1) is 0 Å². The summed E-state index contributed by atoms with van der Waals surface area (Å²) in [6.45, 7) is 14.7. The molecule has 50 heavy (non-hydrogen) atoms. The molecule has 0 saturated heterocycles. The topological polar surface area (TPSA) is 137 Å². The maximum absolute atomic E-state index is 15.7. The number of aromatic nitrogens is 1. The van der Waals surface area contributed by atoms with Gasteiger partial charge in [0.05, 0.1) is 19.1 Å². The molecule has 0 saturated carbocycles. The standard InChI is InChI=1S/C37H51FN4O8/c1-10-22-48-29-20-19-27(38)30-31(29)42(23-26(32(30)43)24-15-17-25(47-9)18-16-24)41(11-2)33(44)28(40-35(46)50-37(6,7)8)14-12-13-21-39-34(45)49-36(3,4)5/h15-20,23,28H,10-14,21-22H2,1-9H3,(H,39,45)(H,40,46). The van der Waals surface area contributed by atoms with Gasteiger partial charge in [-0.05, 0) is 104 Å². The largest absolute Gasteiger partial charge is 0.497 e. The van der Waals surface area contributed by atoms with Gasteiger partial charge < -0.3 is 29.6 Å². The van der Waals surface area contributed by atoms with Crippen LogP contribution in [0.15, 0.2) is 47.4 Å². The van der Waals surface area contributed by atoms with Gasteiger partial charge >= 0.3 is 12.2 Å². The van der Waals surface area contributed by atoms with Crippen molar-refractivity contribution in [2.24, 2.45) is 0 Å². The van der Waals surface area contributed by atoms with Crippen molar-refractivity contribution in [1.29, 1.82) is 0 Å². The Hall–Kier alpha value is -4.81. The van der Waals surface area contributed by atoms with E-state index in [1.807, 2.05) is 6.92 Å². The van der Waals surface area contributed by atoms with Crippen LogP contribution in [-0.2, 0) is 14.3 Å². The molecule has 0 aliphatic carbocycles. The Balaban J connectivity index is 2.09. The Kier molecular flexibility index (Phi) is 13.6. The maximum atomic E-state index is 15.7. The van der Waals surface area contributed by atoms with Crippen molar-refractivity contribution in [3.05, 3.63) is 58.6 Å². The van der Waals surface area contributed by atoms with Crippen molar-refractivity contribution in [2.75, 3.05) is 31.8 Å². The summed E-state index contributed by atoms with van der Waals surface area (Å²) in [6, 6.07) is 8.24. The van der Waals surface area contributed by atoms with Crippen LogP contribution in [-0.4, -0.2) is 66.8 Å². The lowest BCUT2D eigenvalue weighted by Gasteiger charge is -2.31. The van der Waals surface area contributed by atoms with Crippen LogP contribution in [0.25, 0.3) is 22.0 Å². The number of ether oxygens (including phenoxy) is 4. The first-order valence-corrected chi connectivity index (χ1v) is 16.9. The molecule has 0 aliphatic rings. The molecule has 2 aromatic carbocycles. The van der Waals surface area contributed by atoms with E-state index in [2.05, 4.69) is 10.6 Å². The van der Waals surface area contributed by atoms with E-state index in [0.717, 1.165) is 0 Å². The highest BCUT2D eigenvalue weighted by molar-refractivity contribution is 5.96. The SMILES string of the molecule is CCCOc1ccc(F)c2c(=O)c(-c3ccc(OC)cc3)cn(N(CC)C(=O)C(CCCCNC(=O)OC(C)(C)C)NC(=O)OC(C)(C)C)c12. The molecule has 0 radical (unpaired) electrons. The fourth-order valence-corrected chi connectivity index (χ4v) is 5.15. The first-order valence-electron chi connectivity index (χ1n) is 16.9. The van der Waals surface area contributed by atoms with E-state index < -0.39 is 46.6 Å². The van der Waals surface area contributed by atoms with Crippen LogP contribution in [0.1, 0.15) is 81.1 Å². The highest BCUT2D eigenvalue weighted by atomic mass is 19.1. The van der Waals surface area contributed by atoms with Gasteiger partial charge in [-0.1, -0.05) is 19.1 Å². The molecule has 3 amide bonds. The van der Waals surface area contributed by atoms with Gasteiger partial charge in [0.2, 0.25) is 0 Å². The van der Waals surface area contributed by atoms with Crippen molar-refractivity contribution >= 4 is 29.0 Å². The average Bonchev–Trinajstić information content (AvgIpc) is 3.03. The van der Waals surface area contributed by atoms with Crippen LogP contribution in [0, 0.1) is 5.82 Å². The number of hydrogen-bond donors (Lipinski definition) is 2. The number of carbonyl (C=O) groups is 3. The minimum atomic E-state index is -1.08. The number of benzene rings is 2. The zero-order chi connectivity index (χ0) is 37.2. The second-order valence-electron chi connectivity index (χ2n) is 13.7. The maximum Gasteiger partial charge on any atom is 0.408 e. The lowest BCUT2D eigenvalue weighted by atomic mass is 10.0. The molecule has 3 aromatic rings. The first-order chi connectivity index (χ1) is 23.5. The molecule has 1 atom stereocenters. The van der Waals surface area contributed by atoms with Crippen LogP contribution in [0.5, 0.6) is 11.5 Å². The number of hydrogen-bond acceptors (Lipinski definition) is 8. The number of amides is 3. The van der Waals surface area contributed by atoms with Crippen molar-refractivity contribution in [3.63, 3.8) is 0 Å². The number of pyridine rings is 1. The predicted molar refractivity (Wildman–Crippen MR) is 191 cm³/mol. The van der Waals surface area contributed by atoms with Gasteiger partial charge in [-0.3, -0.25) is 14.3 Å². The van der Waals surface area contributed by atoms with E-state index in [9.17, 15) is 19.2 Å². The van der Waals surface area contributed by atoms with Gasteiger partial charge in [-0.25, -0.2) is 19.0 Å². The number of halogens is 1. The van der Waals surface area contributed by atoms with E-state index in [1.54, 1.807) is 72.7 Å². The fourth-order valence-electron chi connectivity index (χ4n) is 5.15. The number of alkyl carbamates (subject to hydrolysis) is 2. The Morgan fingerprint density at radius 2 is 1.56 bits per heavy atom. The molecule has 3 rings (SSSR count). The average molecular weight is 699 g/mol. The Morgan fingerprint density at radius 1 is 0.920 bits per heavy atom. The molecule has 2 N–H and O–H groups in total. The number of nitrogens with zero attached hydrogens (tertiary/aromatic N) is 2. The van der Waals surface area contributed by atoms with Gasteiger partial charge in [0.25, 0.3) is 5.91 Å². The second kappa shape index (κ2) is 17.2. The number of likely N-dealkylation sites (N-methyl/N-ethyl adjacent to an activating group) is 1. The quantitative estimate of drug-likeness (QED) is 0.178. The van der Waals surface area contributed by atoms with Crippen LogP contribution < -0.4 is 30.5 Å². The Morgan fingerprint density at radius 3 is 2.14 bits per heavy atom. The summed E-state index contributed by atoms with van der Waals surface area (Å²) in [6.07, 6.45) is 1.88. The zero-order valence-corrected chi connectivity index (χ0v) is 30.6. The molecule has 1 aromatic heterocycles. The summed E-state index contributed by atoms with van der Waals surface area (Å²) in [7, 11) is 1.52. The zero-order valence-electron chi connectivity index (χ0n) is 30.6. The summed E-state index contributed by atoms with van der Waals surface area (Å²) in [5.41, 5.74) is -1.35. The van der Waals surface area contributed by atoms with Gasteiger partial charge in [0, 0.05) is 24.8 Å². The summed E-state index contributed by atoms with van der Waals surface area (Å²) in [5.74, 6) is -0.520. The Bertz CT molecular complexity index is 1690. The van der Waals surface area contributed by atoms with Crippen LogP contribution in [0.3, 0.4) is 0 Å². The summed E-state index contributed by atoms with van der Waals surface area (Å²) in [5, 5.41) is 6.50. The Labute approximate surface area is 293 Å². The van der Waals surface area contributed by atoms with E-state index in [4.69, 9.17) is 18.9 Å². The molecule has 1 heterocycles. The number of unbranched alkanes of at least 4 members (excludes halogenated alkanes) is 1. The summed E-state index contributed by atoms with van der Waals surface area (Å²) in [4.78, 5) is 53.5. The number of methoxy groups -OCH3 is 1. The van der Waals surface area contributed by atoms with Crippen LogP contribution in [0.4, 0.5) is 14.0 Å². The van der Waals surface area contributed by atoms with E-state index in [1.165, 1.54) is 35.1 Å². The lowest BCUT2D eigenvalue weighted by molar-refractivity contribution is -0.122. The number of carbonyl (C=O) groups excluding carboxylic acids is 3. The lowest BCUT2D eigenvalue weighted by Crippen LogP contribution is -2.53. The second-order valence-corrected chi connectivity index (χ2v) is 13.7. The normalized spacial score (nSPS) is 12.2. The molecule has 0 aliphatic heterocycles. The molecular formula is C37H51FN4O8. The smallest absolute Gasteiger partial charge is 0.408 e. The fraction of sp³-hybridized carbons (Fsp3) is 0.514. The summed E-state index contributed by atoms with van der Waals surface area (Å²) < 4.78 is 39.1. The number of nitrogens with one attached hydrogen (secondary N) is 2. The highest BCUT2D eigenvalue weighted by Gasteiger charge is 2.30. The molecule has 0 fully saturated rings. The third-order valence-electron chi connectivity index (χ3n) is 7.30. The molecule has 274 valence electrons. The molecular weight excluding hydrogens is 647 g/mol. The first kappa shape index (κ1) is 39.6. The van der Waals surface area contributed by atoms with Crippen molar-refractivity contribution in [1.82, 2.24) is 15.3 Å². The summed E-state index contributed by atoms with van der Waals surface area (Å²) >= 11 is 0. The number of rotatable bonds is 14. The van der Waals surface area contributed by atoms with Gasteiger partial charge in [0.1, 0.15) is 40.1 Å². The third kappa shape index (κ3) is 10.8. The van der Waals surface area contributed by atoms with Crippen molar-refractivity contribution < 1.29 is 37.7 Å². The minimum absolute atomic E-state index is 0.0773. The van der Waals surface area contributed by atoms with Gasteiger partial charge in [-0.2, -0.15) is 0 Å². The van der Waals surface area contributed by atoms with Crippen LogP contribution >= 0.6 is 0 Å². The van der Waals surface area contributed by atoms with E-state index in [-0.39, 0.29) is 48.3 Å². The van der Waals surface area contributed by atoms with Gasteiger partial charge in [0.15, 0.2) is 5.43 Å². The van der Waals surface area contributed by atoms with E-state index in [0.29, 0.717) is 30.6 Å². The molecule has 1 unspecified atom stereocenters. The molecule has 13 heteroatoms. The van der Waals surface area contributed by atoms with E-state index >= 15 is 4.39 Å². The van der Waals surface area contributed by atoms with Crippen molar-refractivity contribution in [3.8, 4) is 22.6 Å². The van der Waals surface area contributed by atoms with Crippen LogP contribution in [0.2, 0.25) is 0 Å². The third-order valence-corrected chi connectivity index (χ3v) is 7.30. The molecule has 12 nitrogen and oxygen atoms in total. The molecule has 0 bridgehead atoms. The number of fused-ring (bicyclic) bond motifs is 1. The van der Waals surface area contributed by atoms with Crippen molar-refractivity contribution in [2.45, 2.75) is 98.3 Å². The molecule has 0 spiro atoms.